The second kappa shape index (κ2) is 9.32. The molecule has 0 unspecified atom stereocenters. The maximum Gasteiger partial charge on any atom is 0.335 e. The fourth-order valence-electron chi connectivity index (χ4n) is 3.04. The first-order valence-electron chi connectivity index (χ1n) is 9.56. The van der Waals surface area contributed by atoms with Gasteiger partial charge in [0.1, 0.15) is 0 Å². The predicted octanol–water partition coefficient (Wildman–Crippen LogP) is 4.97. The van der Waals surface area contributed by atoms with Crippen molar-refractivity contribution in [2.24, 2.45) is 0 Å². The molecule has 6 nitrogen and oxygen atoms in total. The fraction of sp³-hybridized carbons (Fsp3) is 0.0417. The molecule has 0 aliphatic carbocycles. The molecule has 0 atom stereocenters. The van der Waals surface area contributed by atoms with Crippen molar-refractivity contribution < 1.29 is 14.7 Å². The Morgan fingerprint density at radius 2 is 1.65 bits per heavy atom. The van der Waals surface area contributed by atoms with Gasteiger partial charge in [0.2, 0.25) is 5.91 Å². The second-order valence-electron chi connectivity index (χ2n) is 6.70. The number of para-hydroxylation sites is 1. The van der Waals surface area contributed by atoms with E-state index < -0.39 is 5.97 Å². The molecule has 2 N–H and O–H groups in total. The molecule has 1 amide bonds. The molecular weight excluding hydrogens is 410 g/mol. The zero-order valence-electron chi connectivity index (χ0n) is 16.4. The standard InChI is InChI=1S/C24H19N3O3S/c28-22(25-19-11-7-10-18(14-19)23(29)30)16-31-24-26-21(17-8-3-1-4-9-17)15-27(24)20-12-5-2-6-13-20/h1-15H,16H2,(H,25,28)(H,29,30). The van der Waals surface area contributed by atoms with Crippen molar-refractivity contribution in [1.82, 2.24) is 9.55 Å². The van der Waals surface area contributed by atoms with Crippen LogP contribution in [0.4, 0.5) is 5.69 Å². The lowest BCUT2D eigenvalue weighted by molar-refractivity contribution is -0.113. The minimum atomic E-state index is -1.04. The van der Waals surface area contributed by atoms with Crippen molar-refractivity contribution >= 4 is 29.3 Å². The maximum absolute atomic E-state index is 12.5. The average molecular weight is 430 g/mol. The van der Waals surface area contributed by atoms with E-state index in [-0.39, 0.29) is 17.2 Å². The molecule has 0 aliphatic heterocycles. The first-order valence-corrected chi connectivity index (χ1v) is 10.5. The summed E-state index contributed by atoms with van der Waals surface area (Å²) in [4.78, 5) is 28.3. The van der Waals surface area contributed by atoms with Crippen molar-refractivity contribution in [2.75, 3.05) is 11.1 Å². The number of amides is 1. The summed E-state index contributed by atoms with van der Waals surface area (Å²) in [7, 11) is 0. The second-order valence-corrected chi connectivity index (χ2v) is 7.65. The summed E-state index contributed by atoms with van der Waals surface area (Å²) < 4.78 is 1.96. The van der Waals surface area contributed by atoms with Crippen molar-refractivity contribution in [1.29, 1.82) is 0 Å². The zero-order chi connectivity index (χ0) is 21.6. The number of benzene rings is 3. The van der Waals surface area contributed by atoms with E-state index in [1.807, 2.05) is 71.4 Å². The molecular formula is C24H19N3O3S. The molecule has 3 aromatic carbocycles. The van der Waals surface area contributed by atoms with Crippen molar-refractivity contribution in [3.8, 4) is 16.9 Å². The minimum Gasteiger partial charge on any atom is -0.478 e. The fourth-order valence-corrected chi connectivity index (χ4v) is 3.84. The number of aromatic nitrogens is 2. The minimum absolute atomic E-state index is 0.123. The summed E-state index contributed by atoms with van der Waals surface area (Å²) in [5.74, 6) is -1.14. The van der Waals surface area contributed by atoms with E-state index in [4.69, 9.17) is 10.1 Å². The number of rotatable bonds is 7. The number of carboxylic acid groups (broad SMARTS) is 1. The monoisotopic (exact) mass is 429 g/mol. The van der Waals surface area contributed by atoms with Gasteiger partial charge in [-0.15, -0.1) is 0 Å². The first-order chi connectivity index (χ1) is 15.1. The Morgan fingerprint density at radius 1 is 0.935 bits per heavy atom. The van der Waals surface area contributed by atoms with Gasteiger partial charge in [-0.3, -0.25) is 9.36 Å². The largest absolute Gasteiger partial charge is 0.478 e. The summed E-state index contributed by atoms with van der Waals surface area (Å²) >= 11 is 1.32. The lowest BCUT2D eigenvalue weighted by Crippen LogP contribution is -2.15. The molecule has 4 rings (SSSR count). The number of nitrogens with one attached hydrogen (secondary N) is 1. The van der Waals surface area contributed by atoms with Crippen LogP contribution in [0.3, 0.4) is 0 Å². The smallest absolute Gasteiger partial charge is 0.335 e. The highest BCUT2D eigenvalue weighted by atomic mass is 32.2. The molecule has 31 heavy (non-hydrogen) atoms. The first kappa shape index (κ1) is 20.4. The molecule has 0 bridgehead atoms. The highest BCUT2D eigenvalue weighted by molar-refractivity contribution is 7.99. The Morgan fingerprint density at radius 3 is 2.35 bits per heavy atom. The van der Waals surface area contributed by atoms with E-state index in [0.717, 1.165) is 16.9 Å². The third kappa shape index (κ3) is 5.02. The van der Waals surface area contributed by atoms with Gasteiger partial charge in [-0.2, -0.15) is 0 Å². The molecule has 0 saturated carbocycles. The van der Waals surface area contributed by atoms with Gasteiger partial charge in [-0.1, -0.05) is 66.4 Å². The van der Waals surface area contributed by atoms with Gasteiger partial charge in [-0.05, 0) is 30.3 Å². The van der Waals surface area contributed by atoms with E-state index in [0.29, 0.717) is 10.8 Å². The van der Waals surface area contributed by atoms with Gasteiger partial charge in [-0.25, -0.2) is 9.78 Å². The summed E-state index contributed by atoms with van der Waals surface area (Å²) in [5, 5.41) is 12.5. The SMILES string of the molecule is O=C(CSc1nc(-c2ccccc2)cn1-c1ccccc1)Nc1cccc(C(=O)O)c1. The highest BCUT2D eigenvalue weighted by Crippen LogP contribution is 2.27. The van der Waals surface area contributed by atoms with Crippen LogP contribution >= 0.6 is 11.8 Å². The third-order valence-electron chi connectivity index (χ3n) is 4.50. The Labute approximate surface area is 183 Å². The van der Waals surface area contributed by atoms with Gasteiger partial charge >= 0.3 is 5.97 Å². The number of anilines is 1. The van der Waals surface area contributed by atoms with Crippen molar-refractivity contribution in [3.63, 3.8) is 0 Å². The Bertz CT molecular complexity index is 1210. The quantitative estimate of drug-likeness (QED) is 0.405. The Hall–Kier alpha value is -3.84. The van der Waals surface area contributed by atoms with E-state index >= 15 is 0 Å². The molecule has 0 spiro atoms. The van der Waals surface area contributed by atoms with Gasteiger partial charge in [0.05, 0.1) is 17.0 Å². The molecule has 4 aromatic rings. The molecule has 0 radical (unpaired) electrons. The molecule has 0 fully saturated rings. The number of aromatic carboxylic acids is 1. The number of imidazole rings is 1. The van der Waals surface area contributed by atoms with Gasteiger partial charge < -0.3 is 10.4 Å². The van der Waals surface area contributed by atoms with Crippen molar-refractivity contribution in [2.45, 2.75) is 5.16 Å². The maximum atomic E-state index is 12.5. The molecule has 1 heterocycles. The van der Waals surface area contributed by atoms with Crippen LogP contribution in [0.5, 0.6) is 0 Å². The lowest BCUT2D eigenvalue weighted by atomic mass is 10.2. The van der Waals surface area contributed by atoms with Gasteiger partial charge in [0.25, 0.3) is 0 Å². The normalized spacial score (nSPS) is 10.6. The predicted molar refractivity (Wildman–Crippen MR) is 122 cm³/mol. The van der Waals surface area contributed by atoms with Crippen LogP contribution in [0, 0.1) is 0 Å². The van der Waals surface area contributed by atoms with E-state index in [2.05, 4.69) is 5.32 Å². The number of carbonyl (C=O) groups is 2. The van der Waals surface area contributed by atoms with E-state index in [9.17, 15) is 9.59 Å². The van der Waals surface area contributed by atoms with Crippen LogP contribution in [0.2, 0.25) is 0 Å². The molecule has 0 saturated heterocycles. The van der Waals surface area contributed by atoms with Crippen LogP contribution in [-0.2, 0) is 4.79 Å². The number of carboxylic acids is 1. The van der Waals surface area contributed by atoms with E-state index in [1.54, 1.807) is 12.1 Å². The van der Waals surface area contributed by atoms with Crippen LogP contribution in [0.15, 0.2) is 96.3 Å². The molecule has 154 valence electrons. The number of hydrogen-bond acceptors (Lipinski definition) is 4. The zero-order valence-corrected chi connectivity index (χ0v) is 17.3. The molecule has 1 aromatic heterocycles. The summed E-state index contributed by atoms with van der Waals surface area (Å²) in [6.45, 7) is 0. The topological polar surface area (TPSA) is 84.2 Å². The van der Waals surface area contributed by atoms with Crippen LogP contribution in [0.1, 0.15) is 10.4 Å². The van der Waals surface area contributed by atoms with Crippen molar-refractivity contribution in [3.05, 3.63) is 96.7 Å². The number of nitrogens with zero attached hydrogens (tertiary/aromatic N) is 2. The number of thioether (sulfide) groups is 1. The number of carbonyl (C=O) groups excluding carboxylic acids is 1. The number of hydrogen-bond donors (Lipinski definition) is 2. The van der Waals surface area contributed by atoms with Gasteiger partial charge in [0.15, 0.2) is 5.16 Å². The summed E-state index contributed by atoms with van der Waals surface area (Å²) in [6, 6.07) is 25.9. The van der Waals surface area contributed by atoms with Gasteiger partial charge in [0, 0.05) is 23.1 Å². The van der Waals surface area contributed by atoms with Crippen LogP contribution in [-0.4, -0.2) is 32.3 Å². The highest BCUT2D eigenvalue weighted by Gasteiger charge is 2.14. The van der Waals surface area contributed by atoms with Crippen LogP contribution < -0.4 is 5.32 Å². The Kier molecular flexibility index (Phi) is 6.14. The Balaban J connectivity index is 1.53. The third-order valence-corrected chi connectivity index (χ3v) is 5.46. The molecule has 7 heteroatoms. The van der Waals surface area contributed by atoms with Crippen LogP contribution in [0.25, 0.3) is 16.9 Å². The molecule has 0 aliphatic rings. The van der Waals surface area contributed by atoms with E-state index in [1.165, 1.54) is 23.9 Å². The lowest BCUT2D eigenvalue weighted by Gasteiger charge is -2.08. The summed E-state index contributed by atoms with van der Waals surface area (Å²) in [5.41, 5.74) is 3.34. The average Bonchev–Trinajstić information content (AvgIpc) is 3.23. The summed E-state index contributed by atoms with van der Waals surface area (Å²) in [6.07, 6.45) is 1.96.